The molecule has 2 aliphatic carbocycles. The van der Waals surface area contributed by atoms with Gasteiger partial charge in [-0.1, -0.05) is 50.1 Å². The van der Waals surface area contributed by atoms with Crippen molar-refractivity contribution in [1.29, 1.82) is 0 Å². The number of nitrogens with one attached hydrogen (secondary N) is 1. The Kier molecular flexibility index (Phi) is 7.74. The summed E-state index contributed by atoms with van der Waals surface area (Å²) in [6.45, 7) is 0.383. The lowest BCUT2D eigenvalue weighted by Crippen LogP contribution is -2.48. The van der Waals surface area contributed by atoms with E-state index in [0.29, 0.717) is 34.9 Å². The average Bonchev–Trinajstić information content (AvgIpc) is 2.74. The number of rotatable bonds is 6. The first-order valence-electron chi connectivity index (χ1n) is 10.5. The van der Waals surface area contributed by atoms with Crippen molar-refractivity contribution in [3.05, 3.63) is 28.8 Å². The Labute approximate surface area is 172 Å². The van der Waals surface area contributed by atoms with Gasteiger partial charge in [-0.2, -0.15) is 0 Å². The Morgan fingerprint density at radius 3 is 2.14 bits per heavy atom. The van der Waals surface area contributed by atoms with Gasteiger partial charge in [0, 0.05) is 12.1 Å². The maximum absolute atomic E-state index is 12.9. The molecule has 0 heterocycles. The lowest BCUT2D eigenvalue weighted by Gasteiger charge is -2.41. The van der Waals surface area contributed by atoms with Gasteiger partial charge in [0.15, 0.2) is 0 Å². The van der Waals surface area contributed by atoms with Crippen LogP contribution in [0, 0.1) is 0 Å². The molecule has 0 spiro atoms. The molecule has 28 heavy (non-hydrogen) atoms. The molecule has 0 aromatic heterocycles. The third-order valence-electron chi connectivity index (χ3n) is 6.08. The van der Waals surface area contributed by atoms with Crippen molar-refractivity contribution < 1.29 is 14.3 Å². The van der Waals surface area contributed by atoms with Gasteiger partial charge >= 0.3 is 5.97 Å². The van der Waals surface area contributed by atoms with Crippen LogP contribution in [0.1, 0.15) is 74.6 Å². The molecule has 0 unspecified atom stereocenters. The second-order valence-corrected chi connectivity index (χ2v) is 8.40. The number of hydrogen-bond donors (Lipinski definition) is 1. The molecule has 0 saturated heterocycles. The highest BCUT2D eigenvalue weighted by molar-refractivity contribution is 6.33. The van der Waals surface area contributed by atoms with E-state index in [4.69, 9.17) is 16.3 Å². The zero-order chi connectivity index (χ0) is 19.9. The van der Waals surface area contributed by atoms with E-state index in [2.05, 4.69) is 10.2 Å². The number of methoxy groups -OCH3 is 1. The SMILES string of the molecule is COC(=O)c1ccc(Cl)c(NC(=O)CN(C2CCCCC2)C2CCCCC2)c1. The summed E-state index contributed by atoms with van der Waals surface area (Å²) in [7, 11) is 1.33. The number of esters is 1. The molecule has 1 N–H and O–H groups in total. The largest absolute Gasteiger partial charge is 0.465 e. The molecule has 2 fully saturated rings. The highest BCUT2D eigenvalue weighted by Crippen LogP contribution is 2.30. The number of hydrogen-bond acceptors (Lipinski definition) is 4. The summed E-state index contributed by atoms with van der Waals surface area (Å²) in [4.78, 5) is 27.1. The van der Waals surface area contributed by atoms with Crippen LogP contribution in [0.2, 0.25) is 5.02 Å². The van der Waals surface area contributed by atoms with Crippen molar-refractivity contribution in [2.24, 2.45) is 0 Å². The lowest BCUT2D eigenvalue weighted by molar-refractivity contribution is -0.119. The van der Waals surface area contributed by atoms with Crippen molar-refractivity contribution in [1.82, 2.24) is 4.90 Å². The van der Waals surface area contributed by atoms with E-state index in [9.17, 15) is 9.59 Å². The maximum atomic E-state index is 12.9. The summed E-state index contributed by atoms with van der Waals surface area (Å²) in [6.07, 6.45) is 12.3. The van der Waals surface area contributed by atoms with Crippen molar-refractivity contribution in [3.63, 3.8) is 0 Å². The summed E-state index contributed by atoms with van der Waals surface area (Å²) in [5, 5.41) is 3.34. The fourth-order valence-electron chi connectivity index (χ4n) is 4.60. The van der Waals surface area contributed by atoms with E-state index in [0.717, 1.165) is 0 Å². The Balaban J connectivity index is 1.70. The van der Waals surface area contributed by atoms with E-state index in [1.54, 1.807) is 18.2 Å². The first-order valence-corrected chi connectivity index (χ1v) is 10.9. The first-order chi connectivity index (χ1) is 13.6. The molecule has 2 saturated carbocycles. The summed E-state index contributed by atoms with van der Waals surface area (Å²) in [5.74, 6) is -0.515. The first kappa shape index (κ1) is 21.1. The Morgan fingerprint density at radius 2 is 1.61 bits per heavy atom. The van der Waals surface area contributed by atoms with Crippen LogP contribution in [0.15, 0.2) is 18.2 Å². The Morgan fingerprint density at radius 1 is 1.04 bits per heavy atom. The molecule has 0 radical (unpaired) electrons. The van der Waals surface area contributed by atoms with Gasteiger partial charge in [0.2, 0.25) is 5.91 Å². The van der Waals surface area contributed by atoms with Gasteiger partial charge in [-0.05, 0) is 43.9 Å². The van der Waals surface area contributed by atoms with Crippen LogP contribution < -0.4 is 5.32 Å². The quantitative estimate of drug-likeness (QED) is 0.673. The summed E-state index contributed by atoms with van der Waals surface area (Å²) in [5.41, 5.74) is 0.834. The van der Waals surface area contributed by atoms with Gasteiger partial charge in [-0.15, -0.1) is 0 Å². The van der Waals surface area contributed by atoms with Crippen LogP contribution in [-0.4, -0.2) is 42.5 Å². The molecule has 1 amide bonds. The van der Waals surface area contributed by atoms with Crippen LogP contribution in [0.3, 0.4) is 0 Å². The molecule has 1 aromatic rings. The number of benzene rings is 1. The number of anilines is 1. The second kappa shape index (κ2) is 10.3. The number of nitrogens with zero attached hydrogens (tertiary/aromatic N) is 1. The summed E-state index contributed by atoms with van der Waals surface area (Å²) in [6, 6.07) is 5.79. The molecule has 0 atom stereocenters. The number of ether oxygens (including phenoxy) is 1. The molecule has 0 bridgehead atoms. The highest BCUT2D eigenvalue weighted by Gasteiger charge is 2.30. The predicted octanol–water partition coefficient (Wildman–Crippen LogP) is 5.03. The molecule has 5 nitrogen and oxygen atoms in total. The van der Waals surface area contributed by atoms with Crippen molar-refractivity contribution in [2.45, 2.75) is 76.3 Å². The second-order valence-electron chi connectivity index (χ2n) is 7.99. The molecule has 6 heteroatoms. The third-order valence-corrected chi connectivity index (χ3v) is 6.40. The number of amides is 1. The van der Waals surface area contributed by atoms with Gasteiger partial charge in [0.05, 0.1) is 29.9 Å². The van der Waals surface area contributed by atoms with E-state index >= 15 is 0 Å². The number of carbonyl (C=O) groups is 2. The molecule has 1 aromatic carbocycles. The van der Waals surface area contributed by atoms with Crippen LogP contribution in [0.4, 0.5) is 5.69 Å². The smallest absolute Gasteiger partial charge is 0.337 e. The summed E-state index contributed by atoms with van der Waals surface area (Å²) < 4.78 is 4.76. The van der Waals surface area contributed by atoms with Crippen molar-refractivity contribution in [3.8, 4) is 0 Å². The number of halogens is 1. The van der Waals surface area contributed by atoms with E-state index in [1.165, 1.54) is 71.3 Å². The normalized spacial score (nSPS) is 18.8. The fraction of sp³-hybridized carbons (Fsp3) is 0.636. The minimum Gasteiger partial charge on any atom is -0.465 e. The summed E-state index contributed by atoms with van der Waals surface area (Å²) >= 11 is 6.24. The van der Waals surface area contributed by atoms with Crippen molar-refractivity contribution >= 4 is 29.2 Å². The standard InChI is InChI=1S/C22H31ClN2O3/c1-28-22(27)16-12-13-19(23)20(14-16)24-21(26)15-25(17-8-4-2-5-9-17)18-10-6-3-7-11-18/h12-14,17-18H,2-11,15H2,1H3,(H,24,26). The zero-order valence-electron chi connectivity index (χ0n) is 16.7. The molecule has 154 valence electrons. The lowest BCUT2D eigenvalue weighted by atomic mass is 9.88. The molecule has 3 rings (SSSR count). The average molecular weight is 407 g/mol. The van der Waals surface area contributed by atoms with Gasteiger partial charge in [-0.25, -0.2) is 4.79 Å². The van der Waals surface area contributed by atoms with E-state index < -0.39 is 5.97 Å². The molecular weight excluding hydrogens is 376 g/mol. The third kappa shape index (κ3) is 5.48. The van der Waals surface area contributed by atoms with Crippen LogP contribution in [-0.2, 0) is 9.53 Å². The Hall–Kier alpha value is -1.59. The minimum absolute atomic E-state index is 0.0694. The van der Waals surface area contributed by atoms with Gasteiger partial charge in [0.1, 0.15) is 0 Å². The molecular formula is C22H31ClN2O3. The van der Waals surface area contributed by atoms with Crippen LogP contribution in [0.5, 0.6) is 0 Å². The minimum atomic E-state index is -0.446. The predicted molar refractivity (Wildman–Crippen MR) is 112 cm³/mol. The fourth-order valence-corrected chi connectivity index (χ4v) is 4.77. The van der Waals surface area contributed by atoms with Crippen LogP contribution in [0.25, 0.3) is 0 Å². The van der Waals surface area contributed by atoms with Crippen LogP contribution >= 0.6 is 11.6 Å². The maximum Gasteiger partial charge on any atom is 0.337 e. The monoisotopic (exact) mass is 406 g/mol. The van der Waals surface area contributed by atoms with Gasteiger partial charge < -0.3 is 10.1 Å². The molecule has 0 aliphatic heterocycles. The zero-order valence-corrected chi connectivity index (χ0v) is 17.5. The molecule has 2 aliphatic rings. The highest BCUT2D eigenvalue weighted by atomic mass is 35.5. The van der Waals surface area contributed by atoms with E-state index in [1.807, 2.05) is 0 Å². The number of carbonyl (C=O) groups excluding carboxylic acids is 2. The Bertz CT molecular complexity index is 664. The van der Waals surface area contributed by atoms with Gasteiger partial charge in [0.25, 0.3) is 0 Å². The topological polar surface area (TPSA) is 58.6 Å². The van der Waals surface area contributed by atoms with Gasteiger partial charge in [-0.3, -0.25) is 9.69 Å². The van der Waals surface area contributed by atoms with Crippen molar-refractivity contribution in [2.75, 3.05) is 19.0 Å². The van der Waals surface area contributed by atoms with E-state index in [-0.39, 0.29) is 5.91 Å².